The van der Waals surface area contributed by atoms with Crippen molar-refractivity contribution in [3.05, 3.63) is 78.2 Å². The number of furan rings is 1. The minimum absolute atomic E-state index is 0.0606. The van der Waals surface area contributed by atoms with Crippen LogP contribution >= 0.6 is 0 Å². The normalized spacial score (nSPS) is 10.7. The van der Waals surface area contributed by atoms with Gasteiger partial charge in [-0.15, -0.1) is 0 Å². The first-order valence-electron chi connectivity index (χ1n) is 8.61. The van der Waals surface area contributed by atoms with E-state index in [0.717, 1.165) is 10.8 Å². The SMILES string of the molecule is O=C(CNC(=O)c1ccc2ccccc2c1)OCc1cc(-c2ccco2)on1. The summed E-state index contributed by atoms with van der Waals surface area (Å²) in [7, 11) is 0. The minimum atomic E-state index is -0.573. The number of fused-ring (bicyclic) bond motifs is 1. The first kappa shape index (κ1) is 17.5. The number of nitrogens with zero attached hydrogens (tertiary/aromatic N) is 1. The lowest BCUT2D eigenvalue weighted by Crippen LogP contribution is -2.30. The summed E-state index contributed by atoms with van der Waals surface area (Å²) >= 11 is 0. The van der Waals surface area contributed by atoms with E-state index in [2.05, 4.69) is 10.5 Å². The third-order valence-corrected chi connectivity index (χ3v) is 4.11. The van der Waals surface area contributed by atoms with Gasteiger partial charge >= 0.3 is 5.97 Å². The van der Waals surface area contributed by atoms with E-state index in [1.54, 1.807) is 30.3 Å². The maximum absolute atomic E-state index is 12.2. The van der Waals surface area contributed by atoms with E-state index >= 15 is 0 Å². The molecule has 0 atom stereocenters. The zero-order valence-corrected chi connectivity index (χ0v) is 14.8. The van der Waals surface area contributed by atoms with Crippen LogP contribution < -0.4 is 5.32 Å². The molecule has 0 unspecified atom stereocenters. The molecule has 2 heterocycles. The highest BCUT2D eigenvalue weighted by Gasteiger charge is 2.13. The number of esters is 1. The van der Waals surface area contributed by atoms with Crippen molar-refractivity contribution in [2.75, 3.05) is 6.54 Å². The Morgan fingerprint density at radius 1 is 0.964 bits per heavy atom. The van der Waals surface area contributed by atoms with E-state index in [0.29, 0.717) is 22.8 Å². The van der Waals surface area contributed by atoms with Gasteiger partial charge in [0.15, 0.2) is 5.76 Å². The van der Waals surface area contributed by atoms with Gasteiger partial charge in [0.2, 0.25) is 5.76 Å². The molecule has 0 aliphatic carbocycles. The lowest BCUT2D eigenvalue weighted by molar-refractivity contribution is -0.143. The summed E-state index contributed by atoms with van der Waals surface area (Å²) in [4.78, 5) is 24.1. The van der Waals surface area contributed by atoms with Gasteiger partial charge in [0, 0.05) is 11.6 Å². The molecule has 0 radical (unpaired) electrons. The lowest BCUT2D eigenvalue weighted by atomic mass is 10.1. The second kappa shape index (κ2) is 7.79. The smallest absolute Gasteiger partial charge is 0.325 e. The molecule has 1 N–H and O–H groups in total. The molecule has 140 valence electrons. The fourth-order valence-corrected chi connectivity index (χ4v) is 2.71. The quantitative estimate of drug-likeness (QED) is 0.517. The van der Waals surface area contributed by atoms with Crippen LogP contribution in [0.1, 0.15) is 16.1 Å². The average Bonchev–Trinajstić information content (AvgIpc) is 3.41. The van der Waals surface area contributed by atoms with E-state index in [9.17, 15) is 9.59 Å². The van der Waals surface area contributed by atoms with Crippen LogP contribution in [0.25, 0.3) is 22.3 Å². The number of rotatable bonds is 6. The van der Waals surface area contributed by atoms with Gasteiger partial charge in [-0.3, -0.25) is 9.59 Å². The zero-order valence-electron chi connectivity index (χ0n) is 14.8. The van der Waals surface area contributed by atoms with Crippen molar-refractivity contribution in [3.8, 4) is 11.5 Å². The fourth-order valence-electron chi connectivity index (χ4n) is 2.71. The number of hydrogen-bond acceptors (Lipinski definition) is 6. The highest BCUT2D eigenvalue weighted by atomic mass is 16.5. The largest absolute Gasteiger partial charge is 0.461 e. The van der Waals surface area contributed by atoms with Gasteiger partial charge in [0.1, 0.15) is 18.8 Å². The van der Waals surface area contributed by atoms with E-state index in [1.807, 2.05) is 30.3 Å². The number of nitrogens with one attached hydrogen (secondary N) is 1. The Morgan fingerprint density at radius 2 is 1.82 bits per heavy atom. The number of ether oxygens (including phenoxy) is 1. The molecule has 0 aliphatic rings. The summed E-state index contributed by atoms with van der Waals surface area (Å²) in [5.41, 5.74) is 0.923. The van der Waals surface area contributed by atoms with E-state index in [4.69, 9.17) is 13.7 Å². The molecule has 0 fully saturated rings. The van der Waals surface area contributed by atoms with Crippen molar-refractivity contribution in [2.45, 2.75) is 6.61 Å². The van der Waals surface area contributed by atoms with Crippen LogP contribution in [0.4, 0.5) is 0 Å². The summed E-state index contributed by atoms with van der Waals surface area (Å²) in [5, 5.41) is 8.37. The first-order chi connectivity index (χ1) is 13.7. The lowest BCUT2D eigenvalue weighted by Gasteiger charge is -2.06. The summed E-state index contributed by atoms with van der Waals surface area (Å²) in [6, 6.07) is 18.2. The van der Waals surface area contributed by atoms with Crippen molar-refractivity contribution >= 4 is 22.6 Å². The molecule has 28 heavy (non-hydrogen) atoms. The van der Waals surface area contributed by atoms with Crippen LogP contribution in [-0.2, 0) is 16.1 Å². The Morgan fingerprint density at radius 3 is 2.64 bits per heavy atom. The number of benzene rings is 2. The third kappa shape index (κ3) is 3.93. The Bertz CT molecular complexity index is 1110. The molecule has 2 aromatic heterocycles. The number of aromatic nitrogens is 1. The highest BCUT2D eigenvalue weighted by molar-refractivity contribution is 5.99. The standard InChI is InChI=1S/C21H16N2O5/c24-20(27-13-17-11-19(28-23-17)18-6-3-9-26-18)12-22-21(25)16-8-7-14-4-1-2-5-15(14)10-16/h1-11H,12-13H2,(H,22,25). The van der Waals surface area contributed by atoms with Gasteiger partial charge in [-0.05, 0) is 35.0 Å². The number of amides is 1. The predicted octanol–water partition coefficient (Wildman–Crippen LogP) is 3.56. The van der Waals surface area contributed by atoms with Crippen LogP contribution in [0.2, 0.25) is 0 Å². The van der Waals surface area contributed by atoms with Gasteiger partial charge in [0.05, 0.1) is 6.26 Å². The Hall–Kier alpha value is -3.87. The third-order valence-electron chi connectivity index (χ3n) is 4.11. The van der Waals surface area contributed by atoms with Crippen LogP contribution in [-0.4, -0.2) is 23.6 Å². The van der Waals surface area contributed by atoms with Crippen LogP contribution in [0.3, 0.4) is 0 Å². The molecule has 7 heteroatoms. The van der Waals surface area contributed by atoms with E-state index in [-0.39, 0.29) is 19.1 Å². The maximum atomic E-state index is 12.2. The van der Waals surface area contributed by atoms with Crippen molar-refractivity contribution < 1.29 is 23.3 Å². The zero-order chi connectivity index (χ0) is 19.3. The van der Waals surface area contributed by atoms with Gasteiger partial charge in [-0.25, -0.2) is 0 Å². The molecule has 7 nitrogen and oxygen atoms in total. The Labute approximate surface area is 159 Å². The molecular formula is C21H16N2O5. The maximum Gasteiger partial charge on any atom is 0.325 e. The van der Waals surface area contributed by atoms with Gasteiger partial charge in [-0.2, -0.15) is 0 Å². The average molecular weight is 376 g/mol. The second-order valence-electron chi connectivity index (χ2n) is 6.07. The first-order valence-corrected chi connectivity index (χ1v) is 8.61. The monoisotopic (exact) mass is 376 g/mol. The second-order valence-corrected chi connectivity index (χ2v) is 6.07. The van der Waals surface area contributed by atoms with Crippen molar-refractivity contribution in [3.63, 3.8) is 0 Å². The van der Waals surface area contributed by atoms with Gasteiger partial charge in [-0.1, -0.05) is 35.5 Å². The number of hydrogen-bond donors (Lipinski definition) is 1. The van der Waals surface area contributed by atoms with Gasteiger partial charge in [0.25, 0.3) is 5.91 Å². The number of carbonyl (C=O) groups excluding carboxylic acids is 2. The number of carbonyl (C=O) groups is 2. The fraction of sp³-hybridized carbons (Fsp3) is 0.0952. The molecule has 0 bridgehead atoms. The van der Waals surface area contributed by atoms with Crippen molar-refractivity contribution in [2.24, 2.45) is 0 Å². The predicted molar refractivity (Wildman–Crippen MR) is 100 cm³/mol. The summed E-state index contributed by atoms with van der Waals surface area (Å²) in [6.07, 6.45) is 1.52. The highest BCUT2D eigenvalue weighted by Crippen LogP contribution is 2.20. The molecular weight excluding hydrogens is 360 g/mol. The molecule has 0 spiro atoms. The molecule has 1 amide bonds. The molecule has 0 saturated heterocycles. The molecule has 0 aliphatic heterocycles. The van der Waals surface area contributed by atoms with Crippen molar-refractivity contribution in [1.82, 2.24) is 10.5 Å². The van der Waals surface area contributed by atoms with Crippen LogP contribution in [0.15, 0.2) is 75.9 Å². The molecule has 4 aromatic rings. The molecule has 4 rings (SSSR count). The van der Waals surface area contributed by atoms with E-state index < -0.39 is 5.97 Å². The summed E-state index contributed by atoms with van der Waals surface area (Å²) < 4.78 is 15.4. The Balaban J connectivity index is 1.28. The summed E-state index contributed by atoms with van der Waals surface area (Å²) in [5.74, 6) is 0.0642. The topological polar surface area (TPSA) is 94.6 Å². The summed E-state index contributed by atoms with van der Waals surface area (Å²) in [6.45, 7) is -0.302. The van der Waals surface area contributed by atoms with Gasteiger partial charge < -0.3 is 19.0 Å². The van der Waals surface area contributed by atoms with E-state index in [1.165, 1.54) is 6.26 Å². The van der Waals surface area contributed by atoms with Crippen LogP contribution in [0, 0.1) is 0 Å². The van der Waals surface area contributed by atoms with Crippen molar-refractivity contribution in [1.29, 1.82) is 0 Å². The minimum Gasteiger partial charge on any atom is -0.461 e. The Kier molecular flexibility index (Phi) is 4.88. The molecule has 0 saturated carbocycles. The molecule has 2 aromatic carbocycles. The van der Waals surface area contributed by atoms with Crippen LogP contribution in [0.5, 0.6) is 0 Å².